The minimum atomic E-state index is 0.663. The summed E-state index contributed by atoms with van der Waals surface area (Å²) in [5.41, 5.74) is 9.08. The number of nitrogens with two attached hydrogens (primary N) is 1. The Morgan fingerprint density at radius 3 is 2.47 bits per heavy atom. The topological polar surface area (TPSA) is 56.7 Å². The first-order valence-corrected chi connectivity index (χ1v) is 6.10. The van der Waals surface area contributed by atoms with Crippen molar-refractivity contribution in [1.29, 1.82) is 0 Å². The Balaban J connectivity index is 1.90. The number of aromatic nitrogens is 3. The van der Waals surface area contributed by atoms with Crippen LogP contribution in [0.1, 0.15) is 5.56 Å². The Morgan fingerprint density at radius 1 is 1.00 bits per heavy atom. The molecule has 0 aliphatic heterocycles. The lowest BCUT2D eigenvalue weighted by Crippen LogP contribution is -2.05. The lowest BCUT2D eigenvalue weighted by Gasteiger charge is -2.03. The van der Waals surface area contributed by atoms with Crippen LogP contribution in [0.4, 0.5) is 5.82 Å². The normalized spacial score (nSPS) is 10.5. The standard InChI is InChI=1S/C15H14N4/c16-15-10-14(13-6-8-17-9-7-13)18-19(15)11-12-4-2-1-3-5-12/h1-10H,11,16H2. The minimum absolute atomic E-state index is 0.663. The number of anilines is 1. The van der Waals surface area contributed by atoms with Gasteiger partial charge in [-0.3, -0.25) is 4.98 Å². The van der Waals surface area contributed by atoms with Crippen molar-refractivity contribution in [3.05, 3.63) is 66.5 Å². The van der Waals surface area contributed by atoms with E-state index in [9.17, 15) is 0 Å². The van der Waals surface area contributed by atoms with Gasteiger partial charge in [-0.05, 0) is 17.7 Å². The summed E-state index contributed by atoms with van der Waals surface area (Å²) < 4.78 is 1.81. The van der Waals surface area contributed by atoms with Gasteiger partial charge in [0.2, 0.25) is 0 Å². The van der Waals surface area contributed by atoms with Crippen LogP contribution in [0.15, 0.2) is 60.9 Å². The van der Waals surface area contributed by atoms with Crippen molar-refractivity contribution in [2.24, 2.45) is 0 Å². The molecule has 94 valence electrons. The molecule has 0 fully saturated rings. The summed E-state index contributed by atoms with van der Waals surface area (Å²) in [5, 5.41) is 4.54. The summed E-state index contributed by atoms with van der Waals surface area (Å²) in [6.45, 7) is 0.678. The van der Waals surface area contributed by atoms with E-state index in [1.165, 1.54) is 5.56 Å². The molecule has 4 nitrogen and oxygen atoms in total. The van der Waals surface area contributed by atoms with Crippen LogP contribution >= 0.6 is 0 Å². The molecule has 3 aromatic rings. The molecule has 0 aliphatic rings. The summed E-state index contributed by atoms with van der Waals surface area (Å²) in [6, 6.07) is 15.9. The molecular formula is C15H14N4. The SMILES string of the molecule is Nc1cc(-c2ccncc2)nn1Cc1ccccc1. The number of pyridine rings is 1. The van der Waals surface area contributed by atoms with Crippen LogP contribution in [-0.4, -0.2) is 14.8 Å². The summed E-state index contributed by atoms with van der Waals surface area (Å²) in [6.07, 6.45) is 3.50. The fraction of sp³-hybridized carbons (Fsp3) is 0.0667. The maximum absolute atomic E-state index is 6.01. The molecule has 3 rings (SSSR count). The molecular weight excluding hydrogens is 236 g/mol. The van der Waals surface area contributed by atoms with Crippen molar-refractivity contribution in [3.63, 3.8) is 0 Å². The number of hydrogen-bond donors (Lipinski definition) is 1. The molecule has 2 heterocycles. The molecule has 0 saturated carbocycles. The molecule has 0 atom stereocenters. The second-order valence-electron chi connectivity index (χ2n) is 4.33. The third-order valence-electron chi connectivity index (χ3n) is 2.96. The fourth-order valence-corrected chi connectivity index (χ4v) is 1.98. The highest BCUT2D eigenvalue weighted by Crippen LogP contribution is 2.20. The van der Waals surface area contributed by atoms with Gasteiger partial charge in [0, 0.05) is 24.0 Å². The molecule has 0 radical (unpaired) electrons. The van der Waals surface area contributed by atoms with E-state index in [1.807, 2.05) is 41.1 Å². The first kappa shape index (κ1) is 11.5. The summed E-state index contributed by atoms with van der Waals surface area (Å²) >= 11 is 0. The van der Waals surface area contributed by atoms with E-state index in [2.05, 4.69) is 22.2 Å². The molecule has 0 spiro atoms. The number of hydrogen-bond acceptors (Lipinski definition) is 3. The van der Waals surface area contributed by atoms with Gasteiger partial charge < -0.3 is 5.73 Å². The number of nitrogen functional groups attached to an aromatic ring is 1. The van der Waals surface area contributed by atoms with Crippen LogP contribution in [-0.2, 0) is 6.54 Å². The van der Waals surface area contributed by atoms with E-state index in [-0.39, 0.29) is 0 Å². The van der Waals surface area contributed by atoms with Crippen molar-refractivity contribution in [2.75, 3.05) is 5.73 Å². The van der Waals surface area contributed by atoms with Gasteiger partial charge in [0.25, 0.3) is 0 Å². The Hall–Kier alpha value is -2.62. The molecule has 4 heteroatoms. The van der Waals surface area contributed by atoms with Crippen molar-refractivity contribution in [1.82, 2.24) is 14.8 Å². The molecule has 1 aromatic carbocycles. The van der Waals surface area contributed by atoms with Gasteiger partial charge in [-0.2, -0.15) is 5.10 Å². The fourth-order valence-electron chi connectivity index (χ4n) is 1.98. The lowest BCUT2D eigenvalue weighted by molar-refractivity contribution is 0.700. The van der Waals surface area contributed by atoms with Gasteiger partial charge >= 0.3 is 0 Å². The van der Waals surface area contributed by atoms with E-state index in [4.69, 9.17) is 5.73 Å². The van der Waals surface area contributed by atoms with E-state index in [0.29, 0.717) is 12.4 Å². The molecule has 0 amide bonds. The first-order valence-electron chi connectivity index (χ1n) is 6.10. The minimum Gasteiger partial charge on any atom is -0.384 e. The highest BCUT2D eigenvalue weighted by Gasteiger charge is 2.07. The van der Waals surface area contributed by atoms with Crippen molar-refractivity contribution < 1.29 is 0 Å². The molecule has 0 unspecified atom stereocenters. The first-order chi connectivity index (χ1) is 9.33. The van der Waals surface area contributed by atoms with Crippen LogP contribution in [0.2, 0.25) is 0 Å². The predicted molar refractivity (Wildman–Crippen MR) is 75.4 cm³/mol. The van der Waals surface area contributed by atoms with Crippen LogP contribution < -0.4 is 5.73 Å². The highest BCUT2D eigenvalue weighted by molar-refractivity contribution is 5.61. The predicted octanol–water partition coefficient (Wildman–Crippen LogP) is 2.58. The van der Waals surface area contributed by atoms with E-state index >= 15 is 0 Å². The summed E-state index contributed by atoms with van der Waals surface area (Å²) in [7, 11) is 0. The third kappa shape index (κ3) is 2.47. The molecule has 2 N–H and O–H groups in total. The lowest BCUT2D eigenvalue weighted by atomic mass is 10.2. The zero-order valence-corrected chi connectivity index (χ0v) is 10.4. The summed E-state index contributed by atoms with van der Waals surface area (Å²) in [4.78, 5) is 4.00. The Kier molecular flexibility index (Phi) is 2.98. The zero-order chi connectivity index (χ0) is 13.1. The van der Waals surface area contributed by atoms with Gasteiger partial charge in [-0.1, -0.05) is 30.3 Å². The molecule has 0 bridgehead atoms. The zero-order valence-electron chi connectivity index (χ0n) is 10.4. The van der Waals surface area contributed by atoms with Crippen LogP contribution in [0, 0.1) is 0 Å². The molecule has 19 heavy (non-hydrogen) atoms. The number of rotatable bonds is 3. The largest absolute Gasteiger partial charge is 0.384 e. The Labute approximate surface area is 111 Å². The maximum atomic E-state index is 6.01. The van der Waals surface area contributed by atoms with Crippen molar-refractivity contribution in [3.8, 4) is 11.3 Å². The van der Waals surface area contributed by atoms with E-state index < -0.39 is 0 Å². The number of benzene rings is 1. The van der Waals surface area contributed by atoms with Gasteiger partial charge in [-0.25, -0.2) is 4.68 Å². The molecule has 0 aliphatic carbocycles. The van der Waals surface area contributed by atoms with E-state index in [0.717, 1.165) is 11.3 Å². The van der Waals surface area contributed by atoms with Gasteiger partial charge in [0.15, 0.2) is 0 Å². The average molecular weight is 250 g/mol. The highest BCUT2D eigenvalue weighted by atomic mass is 15.3. The van der Waals surface area contributed by atoms with Gasteiger partial charge in [-0.15, -0.1) is 0 Å². The van der Waals surface area contributed by atoms with E-state index in [1.54, 1.807) is 12.4 Å². The second-order valence-corrected chi connectivity index (χ2v) is 4.33. The Morgan fingerprint density at radius 2 is 1.74 bits per heavy atom. The van der Waals surface area contributed by atoms with Gasteiger partial charge in [0.05, 0.1) is 12.2 Å². The second kappa shape index (κ2) is 4.94. The Bertz CT molecular complexity index is 659. The van der Waals surface area contributed by atoms with Crippen LogP contribution in [0.5, 0.6) is 0 Å². The quantitative estimate of drug-likeness (QED) is 0.777. The molecule has 0 saturated heterocycles. The summed E-state index contributed by atoms with van der Waals surface area (Å²) in [5.74, 6) is 0.663. The smallest absolute Gasteiger partial charge is 0.122 e. The average Bonchev–Trinajstić information content (AvgIpc) is 2.82. The van der Waals surface area contributed by atoms with Crippen molar-refractivity contribution >= 4 is 5.82 Å². The maximum Gasteiger partial charge on any atom is 0.122 e. The van der Waals surface area contributed by atoms with Gasteiger partial charge in [0.1, 0.15) is 5.82 Å². The number of nitrogens with zero attached hydrogens (tertiary/aromatic N) is 3. The third-order valence-corrected chi connectivity index (χ3v) is 2.96. The molecule has 2 aromatic heterocycles. The van der Waals surface area contributed by atoms with Crippen LogP contribution in [0.25, 0.3) is 11.3 Å². The van der Waals surface area contributed by atoms with Crippen LogP contribution in [0.3, 0.4) is 0 Å². The monoisotopic (exact) mass is 250 g/mol. The van der Waals surface area contributed by atoms with Crippen molar-refractivity contribution in [2.45, 2.75) is 6.54 Å².